The summed E-state index contributed by atoms with van der Waals surface area (Å²) >= 11 is 0. The van der Waals surface area contributed by atoms with Crippen molar-refractivity contribution in [3.63, 3.8) is 0 Å². The fourth-order valence-electron chi connectivity index (χ4n) is 2.86. The summed E-state index contributed by atoms with van der Waals surface area (Å²) < 4.78 is 1.82. The minimum absolute atomic E-state index is 0.568. The Kier molecular flexibility index (Phi) is 3.49. The van der Waals surface area contributed by atoms with E-state index in [9.17, 15) is 0 Å². The Morgan fingerprint density at radius 3 is 2.84 bits per heavy atom. The molecule has 3 rings (SSSR count). The molecule has 1 aromatic carbocycles. The second kappa shape index (κ2) is 5.43. The fourth-order valence-corrected chi connectivity index (χ4v) is 2.86. The molecule has 1 heterocycles. The Morgan fingerprint density at radius 1 is 1.21 bits per heavy atom. The summed E-state index contributed by atoms with van der Waals surface area (Å²) in [5.41, 5.74) is 2.21. The predicted octanol–water partition coefficient (Wildman–Crippen LogP) is 3.26. The molecule has 1 aliphatic rings. The fraction of sp³-hybridized carbons (Fsp3) is 0.467. The first-order chi connectivity index (χ1) is 9.34. The Labute approximate surface area is 113 Å². The highest BCUT2D eigenvalue weighted by atomic mass is 15.4. The minimum atomic E-state index is 0.568. The normalized spacial score (nSPS) is 23.2. The van der Waals surface area contributed by atoms with E-state index in [2.05, 4.69) is 40.8 Å². The Balaban J connectivity index is 1.84. The molecule has 0 spiro atoms. The van der Waals surface area contributed by atoms with Gasteiger partial charge in [0.15, 0.2) is 0 Å². The maximum Gasteiger partial charge on any atom is 0.0894 e. The van der Waals surface area contributed by atoms with Crippen molar-refractivity contribution in [3.8, 4) is 5.69 Å². The van der Waals surface area contributed by atoms with Crippen molar-refractivity contribution < 1.29 is 0 Å². The predicted molar refractivity (Wildman–Crippen MR) is 76.4 cm³/mol. The molecule has 2 atom stereocenters. The molecule has 2 aromatic rings. The molecule has 0 amide bonds. The van der Waals surface area contributed by atoms with Crippen molar-refractivity contribution in [3.05, 3.63) is 36.7 Å². The van der Waals surface area contributed by atoms with E-state index in [1.165, 1.54) is 25.7 Å². The van der Waals surface area contributed by atoms with Crippen LogP contribution in [0.15, 0.2) is 36.7 Å². The lowest BCUT2D eigenvalue weighted by Gasteiger charge is -2.31. The zero-order valence-corrected chi connectivity index (χ0v) is 11.3. The lowest BCUT2D eigenvalue weighted by Crippen LogP contribution is -2.30. The van der Waals surface area contributed by atoms with Gasteiger partial charge in [-0.25, -0.2) is 4.68 Å². The molecule has 1 fully saturated rings. The topological polar surface area (TPSA) is 42.7 Å². The van der Waals surface area contributed by atoms with Gasteiger partial charge >= 0.3 is 0 Å². The highest BCUT2D eigenvalue weighted by Gasteiger charge is 2.21. The number of anilines is 1. The van der Waals surface area contributed by atoms with Gasteiger partial charge in [0.25, 0.3) is 0 Å². The molecule has 0 aliphatic heterocycles. The molecular weight excluding hydrogens is 236 g/mol. The summed E-state index contributed by atoms with van der Waals surface area (Å²) in [7, 11) is 0. The lowest BCUT2D eigenvalue weighted by atomic mass is 9.86. The molecule has 100 valence electrons. The summed E-state index contributed by atoms with van der Waals surface area (Å²) in [5.74, 6) is 0.734. The van der Waals surface area contributed by atoms with Gasteiger partial charge < -0.3 is 5.32 Å². The van der Waals surface area contributed by atoms with E-state index in [4.69, 9.17) is 0 Å². The van der Waals surface area contributed by atoms with Crippen LogP contribution >= 0.6 is 0 Å². The van der Waals surface area contributed by atoms with Crippen LogP contribution in [0.2, 0.25) is 0 Å². The molecular formula is C15H20N4. The number of hydrogen-bond acceptors (Lipinski definition) is 3. The first-order valence-corrected chi connectivity index (χ1v) is 7.07. The Bertz CT molecular complexity index is 521. The molecule has 0 bridgehead atoms. The molecule has 1 aromatic heterocycles. The summed E-state index contributed by atoms with van der Waals surface area (Å²) in [6.07, 6.45) is 8.86. The summed E-state index contributed by atoms with van der Waals surface area (Å²) in [5, 5.41) is 11.7. The van der Waals surface area contributed by atoms with Crippen molar-refractivity contribution in [1.82, 2.24) is 15.0 Å². The summed E-state index contributed by atoms with van der Waals surface area (Å²) in [4.78, 5) is 0. The Hall–Kier alpha value is -1.84. The number of hydrogen-bond donors (Lipinski definition) is 1. The highest BCUT2D eigenvalue weighted by molar-refractivity contribution is 5.61. The first-order valence-electron chi connectivity index (χ1n) is 7.07. The SMILES string of the molecule is CC1CCCCC1Nc1ccccc1-n1ccnn1. The van der Waals surface area contributed by atoms with Gasteiger partial charge in [-0.2, -0.15) is 0 Å². The molecule has 19 heavy (non-hydrogen) atoms. The van der Waals surface area contributed by atoms with Gasteiger partial charge in [0.2, 0.25) is 0 Å². The van der Waals surface area contributed by atoms with E-state index in [0.29, 0.717) is 6.04 Å². The largest absolute Gasteiger partial charge is 0.380 e. The molecule has 2 unspecified atom stereocenters. The first kappa shape index (κ1) is 12.2. The smallest absolute Gasteiger partial charge is 0.0894 e. The van der Waals surface area contributed by atoms with Gasteiger partial charge in [-0.3, -0.25) is 0 Å². The van der Waals surface area contributed by atoms with Gasteiger partial charge in [-0.15, -0.1) is 5.10 Å². The van der Waals surface area contributed by atoms with Crippen LogP contribution in [-0.2, 0) is 0 Å². The van der Waals surface area contributed by atoms with Gasteiger partial charge in [0.05, 0.1) is 23.8 Å². The van der Waals surface area contributed by atoms with Gasteiger partial charge in [-0.1, -0.05) is 37.1 Å². The molecule has 4 nitrogen and oxygen atoms in total. The monoisotopic (exact) mass is 256 g/mol. The van der Waals surface area contributed by atoms with Crippen LogP contribution in [0.25, 0.3) is 5.69 Å². The van der Waals surface area contributed by atoms with E-state index in [-0.39, 0.29) is 0 Å². The second-order valence-corrected chi connectivity index (χ2v) is 5.38. The van der Waals surface area contributed by atoms with Crippen molar-refractivity contribution in [2.75, 3.05) is 5.32 Å². The number of benzene rings is 1. The summed E-state index contributed by atoms with van der Waals surface area (Å²) in [6.45, 7) is 2.34. The maximum absolute atomic E-state index is 4.09. The molecule has 1 saturated carbocycles. The van der Waals surface area contributed by atoms with Crippen LogP contribution in [0.1, 0.15) is 32.6 Å². The third-order valence-corrected chi connectivity index (χ3v) is 4.03. The number of aromatic nitrogens is 3. The average Bonchev–Trinajstić information content (AvgIpc) is 2.96. The van der Waals surface area contributed by atoms with Crippen LogP contribution < -0.4 is 5.32 Å². The summed E-state index contributed by atoms with van der Waals surface area (Å²) in [6, 6.07) is 8.87. The van der Waals surface area contributed by atoms with Crippen LogP contribution in [0, 0.1) is 5.92 Å². The number of para-hydroxylation sites is 2. The quantitative estimate of drug-likeness (QED) is 0.916. The molecule has 0 radical (unpaired) electrons. The van der Waals surface area contributed by atoms with E-state index < -0.39 is 0 Å². The third kappa shape index (κ3) is 2.62. The van der Waals surface area contributed by atoms with Crippen molar-refractivity contribution >= 4 is 5.69 Å². The zero-order chi connectivity index (χ0) is 13.1. The van der Waals surface area contributed by atoms with Crippen LogP contribution in [0.5, 0.6) is 0 Å². The van der Waals surface area contributed by atoms with E-state index in [1.54, 1.807) is 6.20 Å². The molecule has 1 N–H and O–H groups in total. The van der Waals surface area contributed by atoms with E-state index in [1.807, 2.05) is 16.9 Å². The number of nitrogens with zero attached hydrogens (tertiary/aromatic N) is 3. The number of rotatable bonds is 3. The number of nitrogens with one attached hydrogen (secondary N) is 1. The second-order valence-electron chi connectivity index (χ2n) is 5.38. The average molecular weight is 256 g/mol. The highest BCUT2D eigenvalue weighted by Crippen LogP contribution is 2.28. The molecule has 4 heteroatoms. The third-order valence-electron chi connectivity index (χ3n) is 4.03. The van der Waals surface area contributed by atoms with Gasteiger partial charge in [-0.05, 0) is 30.9 Å². The van der Waals surface area contributed by atoms with Crippen molar-refractivity contribution in [2.24, 2.45) is 5.92 Å². The minimum Gasteiger partial charge on any atom is -0.380 e. The van der Waals surface area contributed by atoms with Crippen LogP contribution in [-0.4, -0.2) is 21.0 Å². The van der Waals surface area contributed by atoms with Gasteiger partial charge in [0, 0.05) is 6.04 Å². The van der Waals surface area contributed by atoms with Crippen molar-refractivity contribution in [1.29, 1.82) is 0 Å². The van der Waals surface area contributed by atoms with Crippen LogP contribution in [0.3, 0.4) is 0 Å². The maximum atomic E-state index is 4.09. The Morgan fingerprint density at radius 2 is 2.05 bits per heavy atom. The van der Waals surface area contributed by atoms with Gasteiger partial charge in [0.1, 0.15) is 0 Å². The molecule has 1 aliphatic carbocycles. The van der Waals surface area contributed by atoms with E-state index in [0.717, 1.165) is 17.3 Å². The lowest BCUT2D eigenvalue weighted by molar-refractivity contribution is 0.349. The molecule has 0 saturated heterocycles. The zero-order valence-electron chi connectivity index (χ0n) is 11.3. The van der Waals surface area contributed by atoms with E-state index >= 15 is 0 Å². The standard InChI is InChI=1S/C15H20N4/c1-12-6-2-3-7-13(12)17-14-8-4-5-9-15(14)19-11-10-16-18-19/h4-5,8-13,17H,2-3,6-7H2,1H3. The van der Waals surface area contributed by atoms with Crippen LogP contribution in [0.4, 0.5) is 5.69 Å². The van der Waals surface area contributed by atoms with Crippen molar-refractivity contribution in [2.45, 2.75) is 38.6 Å².